The molecule has 0 saturated carbocycles. The monoisotopic (exact) mass is 232 g/mol. The molecule has 0 amide bonds. The van der Waals surface area contributed by atoms with Crippen LogP contribution < -0.4 is 0 Å². The van der Waals surface area contributed by atoms with E-state index in [0.29, 0.717) is 26.4 Å². The van der Waals surface area contributed by atoms with Gasteiger partial charge < -0.3 is 19.7 Å². The molecule has 0 heterocycles. The second-order valence-corrected chi connectivity index (χ2v) is 3.47. The first-order chi connectivity index (χ1) is 7.54. The molecule has 0 aromatic heterocycles. The first-order valence-corrected chi connectivity index (χ1v) is 5.20. The number of hydrogen-bond donors (Lipinski definition) is 2. The molecule has 0 fully saturated rings. The third kappa shape index (κ3) is 23.3. The quantitative estimate of drug-likeness (QED) is 0.487. The van der Waals surface area contributed by atoms with Crippen molar-refractivity contribution >= 4 is 0 Å². The molecule has 0 saturated heterocycles. The Morgan fingerprint density at radius 3 is 1.50 bits per heavy atom. The SMILES string of the molecule is C=C(C)COCC(=C)C.OCCOCCO. The second-order valence-electron chi connectivity index (χ2n) is 3.47. The van der Waals surface area contributed by atoms with Crippen LogP contribution in [0.15, 0.2) is 24.3 Å². The minimum atomic E-state index is 0.0278. The maximum Gasteiger partial charge on any atom is 0.0698 e. The van der Waals surface area contributed by atoms with Crippen molar-refractivity contribution in [2.24, 2.45) is 0 Å². The van der Waals surface area contributed by atoms with Crippen molar-refractivity contribution in [2.75, 3.05) is 39.6 Å². The molecule has 2 N–H and O–H groups in total. The number of aliphatic hydroxyl groups is 2. The number of hydrogen-bond acceptors (Lipinski definition) is 4. The molecule has 0 radical (unpaired) electrons. The van der Waals surface area contributed by atoms with Gasteiger partial charge in [-0.1, -0.05) is 24.3 Å². The average Bonchev–Trinajstić information content (AvgIpc) is 2.18. The lowest BCUT2D eigenvalue weighted by Crippen LogP contribution is -2.03. The van der Waals surface area contributed by atoms with Crippen molar-refractivity contribution in [3.05, 3.63) is 24.3 Å². The lowest BCUT2D eigenvalue weighted by Gasteiger charge is -2.00. The minimum absolute atomic E-state index is 0.0278. The van der Waals surface area contributed by atoms with E-state index in [1.807, 2.05) is 13.8 Å². The largest absolute Gasteiger partial charge is 0.394 e. The van der Waals surface area contributed by atoms with Crippen LogP contribution in [0.25, 0.3) is 0 Å². The van der Waals surface area contributed by atoms with Gasteiger partial charge in [0.15, 0.2) is 0 Å². The van der Waals surface area contributed by atoms with E-state index >= 15 is 0 Å². The highest BCUT2D eigenvalue weighted by atomic mass is 16.5. The molecule has 0 aliphatic heterocycles. The summed E-state index contributed by atoms with van der Waals surface area (Å²) >= 11 is 0. The van der Waals surface area contributed by atoms with Gasteiger partial charge in [0.2, 0.25) is 0 Å². The molecular weight excluding hydrogens is 208 g/mol. The Labute approximate surface area is 98.2 Å². The van der Waals surface area contributed by atoms with Gasteiger partial charge in [-0.25, -0.2) is 0 Å². The minimum Gasteiger partial charge on any atom is -0.394 e. The molecule has 0 aromatic carbocycles. The van der Waals surface area contributed by atoms with Crippen LogP contribution in [0.5, 0.6) is 0 Å². The standard InChI is InChI=1S/C8H14O.C4H10O3/c1-7(2)5-9-6-8(3)4;5-1-3-7-4-2-6/h1,3,5-6H2,2,4H3;5-6H,1-4H2. The lowest BCUT2D eigenvalue weighted by atomic mass is 10.3. The van der Waals surface area contributed by atoms with Gasteiger partial charge in [-0.05, 0) is 13.8 Å². The van der Waals surface area contributed by atoms with Crippen LogP contribution in [0.3, 0.4) is 0 Å². The normalized spacial score (nSPS) is 9.25. The highest BCUT2D eigenvalue weighted by Crippen LogP contribution is 1.92. The van der Waals surface area contributed by atoms with E-state index in [9.17, 15) is 0 Å². The summed E-state index contributed by atoms with van der Waals surface area (Å²) in [5, 5.41) is 16.2. The second kappa shape index (κ2) is 14.3. The van der Waals surface area contributed by atoms with Crippen LogP contribution in [0, 0.1) is 0 Å². The summed E-state index contributed by atoms with van der Waals surface area (Å²) in [7, 11) is 0. The van der Waals surface area contributed by atoms with Crippen molar-refractivity contribution in [3.8, 4) is 0 Å². The van der Waals surface area contributed by atoms with Crippen LogP contribution in [0.2, 0.25) is 0 Å². The zero-order valence-electron chi connectivity index (χ0n) is 10.4. The van der Waals surface area contributed by atoms with Gasteiger partial charge in [-0.2, -0.15) is 0 Å². The molecule has 96 valence electrons. The summed E-state index contributed by atoms with van der Waals surface area (Å²) < 4.78 is 9.79. The Hall–Kier alpha value is -0.680. The molecule has 0 spiro atoms. The Kier molecular flexibility index (Phi) is 15.8. The molecule has 0 aromatic rings. The molecule has 0 rings (SSSR count). The Morgan fingerprint density at radius 2 is 1.25 bits per heavy atom. The van der Waals surface area contributed by atoms with Crippen molar-refractivity contribution in [1.29, 1.82) is 0 Å². The van der Waals surface area contributed by atoms with Crippen LogP contribution in [-0.4, -0.2) is 49.9 Å². The molecule has 0 aliphatic carbocycles. The molecule has 0 aliphatic rings. The van der Waals surface area contributed by atoms with Gasteiger partial charge in [0, 0.05) is 0 Å². The fraction of sp³-hybridized carbons (Fsp3) is 0.667. The van der Waals surface area contributed by atoms with E-state index < -0.39 is 0 Å². The van der Waals surface area contributed by atoms with Crippen LogP contribution in [-0.2, 0) is 9.47 Å². The van der Waals surface area contributed by atoms with Crippen molar-refractivity contribution < 1.29 is 19.7 Å². The molecule has 4 nitrogen and oxygen atoms in total. The van der Waals surface area contributed by atoms with E-state index in [1.54, 1.807) is 0 Å². The summed E-state index contributed by atoms with van der Waals surface area (Å²) in [6.07, 6.45) is 0. The van der Waals surface area contributed by atoms with Gasteiger partial charge in [-0.15, -0.1) is 0 Å². The molecular formula is C12H24O4. The van der Waals surface area contributed by atoms with Gasteiger partial charge >= 0.3 is 0 Å². The first-order valence-electron chi connectivity index (χ1n) is 5.20. The fourth-order valence-electron chi connectivity index (χ4n) is 0.631. The topological polar surface area (TPSA) is 58.9 Å². The summed E-state index contributed by atoms with van der Waals surface area (Å²) in [6, 6.07) is 0. The highest BCUT2D eigenvalue weighted by molar-refractivity contribution is 4.91. The predicted molar refractivity (Wildman–Crippen MR) is 65.4 cm³/mol. The summed E-state index contributed by atoms with van der Waals surface area (Å²) in [5.41, 5.74) is 2.10. The van der Waals surface area contributed by atoms with Crippen molar-refractivity contribution in [3.63, 3.8) is 0 Å². The van der Waals surface area contributed by atoms with Crippen LogP contribution in [0.1, 0.15) is 13.8 Å². The number of aliphatic hydroxyl groups excluding tert-OH is 2. The molecule has 4 heteroatoms. The van der Waals surface area contributed by atoms with Gasteiger partial charge in [0.1, 0.15) is 0 Å². The van der Waals surface area contributed by atoms with E-state index in [2.05, 4.69) is 17.9 Å². The van der Waals surface area contributed by atoms with E-state index in [0.717, 1.165) is 11.1 Å². The van der Waals surface area contributed by atoms with Crippen molar-refractivity contribution in [2.45, 2.75) is 13.8 Å². The smallest absolute Gasteiger partial charge is 0.0698 e. The van der Waals surface area contributed by atoms with E-state index in [4.69, 9.17) is 14.9 Å². The zero-order valence-corrected chi connectivity index (χ0v) is 10.4. The molecule has 0 unspecified atom stereocenters. The third-order valence-corrected chi connectivity index (χ3v) is 1.17. The summed E-state index contributed by atoms with van der Waals surface area (Å²) in [4.78, 5) is 0. The molecule has 0 bridgehead atoms. The average molecular weight is 232 g/mol. The fourth-order valence-corrected chi connectivity index (χ4v) is 0.631. The first kappa shape index (κ1) is 17.7. The van der Waals surface area contributed by atoms with E-state index in [-0.39, 0.29) is 13.2 Å². The Balaban J connectivity index is 0. The van der Waals surface area contributed by atoms with Gasteiger partial charge in [0.05, 0.1) is 39.6 Å². The maximum absolute atomic E-state index is 8.09. The van der Waals surface area contributed by atoms with Crippen LogP contribution in [0.4, 0.5) is 0 Å². The molecule has 0 atom stereocenters. The Bertz CT molecular complexity index is 160. The van der Waals surface area contributed by atoms with E-state index in [1.165, 1.54) is 0 Å². The summed E-state index contributed by atoms with van der Waals surface area (Å²) in [6.45, 7) is 13.3. The maximum atomic E-state index is 8.09. The Morgan fingerprint density at radius 1 is 0.875 bits per heavy atom. The summed E-state index contributed by atoms with van der Waals surface area (Å²) in [5.74, 6) is 0. The zero-order chi connectivity index (χ0) is 12.8. The third-order valence-electron chi connectivity index (χ3n) is 1.17. The van der Waals surface area contributed by atoms with Crippen LogP contribution >= 0.6 is 0 Å². The number of ether oxygens (including phenoxy) is 2. The molecule has 16 heavy (non-hydrogen) atoms. The van der Waals surface area contributed by atoms with Crippen molar-refractivity contribution in [1.82, 2.24) is 0 Å². The predicted octanol–water partition coefficient (Wildman–Crippen LogP) is 1.14. The lowest BCUT2D eigenvalue weighted by molar-refractivity contribution is 0.0650. The number of rotatable bonds is 8. The van der Waals surface area contributed by atoms with Gasteiger partial charge in [-0.3, -0.25) is 0 Å². The highest BCUT2D eigenvalue weighted by Gasteiger charge is 1.86. The van der Waals surface area contributed by atoms with Gasteiger partial charge in [0.25, 0.3) is 0 Å².